The molecule has 6 heteroatoms. The molecule has 3 rings (SSSR count). The molecule has 1 aliphatic carbocycles. The van der Waals surface area contributed by atoms with Crippen molar-refractivity contribution in [2.24, 2.45) is 11.8 Å². The van der Waals surface area contributed by atoms with E-state index in [1.54, 1.807) is 17.0 Å². The molecule has 1 saturated heterocycles. The molecule has 24 heavy (non-hydrogen) atoms. The summed E-state index contributed by atoms with van der Waals surface area (Å²) in [4.78, 5) is 25.2. The van der Waals surface area contributed by atoms with Crippen molar-refractivity contribution >= 4 is 11.9 Å². The number of rotatable bonds is 5. The van der Waals surface area contributed by atoms with Crippen molar-refractivity contribution in [3.63, 3.8) is 0 Å². The van der Waals surface area contributed by atoms with Crippen molar-refractivity contribution in [1.29, 1.82) is 0 Å². The second-order valence-electron chi connectivity index (χ2n) is 6.59. The molecule has 1 heterocycles. The summed E-state index contributed by atoms with van der Waals surface area (Å²) in [6.07, 6.45) is 2.85. The highest BCUT2D eigenvalue weighted by Gasteiger charge is 2.43. The van der Waals surface area contributed by atoms with Crippen molar-refractivity contribution in [3.8, 4) is 0 Å². The van der Waals surface area contributed by atoms with Crippen LogP contribution in [0.15, 0.2) is 24.3 Å². The van der Waals surface area contributed by atoms with Crippen molar-refractivity contribution in [2.75, 3.05) is 13.1 Å². The van der Waals surface area contributed by atoms with Gasteiger partial charge in [0.2, 0.25) is 5.91 Å². The van der Waals surface area contributed by atoms with Crippen molar-refractivity contribution in [1.82, 2.24) is 4.90 Å². The van der Waals surface area contributed by atoms with Crippen LogP contribution in [0.4, 0.5) is 4.39 Å². The Morgan fingerprint density at radius 1 is 1.08 bits per heavy atom. The van der Waals surface area contributed by atoms with Gasteiger partial charge in [-0.1, -0.05) is 12.1 Å². The predicted molar refractivity (Wildman–Crippen MR) is 84.6 cm³/mol. The molecule has 0 aromatic heterocycles. The van der Waals surface area contributed by atoms with Gasteiger partial charge < -0.3 is 14.7 Å². The van der Waals surface area contributed by atoms with Crippen molar-refractivity contribution in [2.45, 2.75) is 38.4 Å². The minimum Gasteiger partial charge on any atom is -0.481 e. The summed E-state index contributed by atoms with van der Waals surface area (Å²) in [6, 6.07) is 6.24. The van der Waals surface area contributed by atoms with E-state index in [-0.39, 0.29) is 23.7 Å². The summed E-state index contributed by atoms with van der Waals surface area (Å²) in [6.45, 7) is 1.65. The molecule has 1 N–H and O–H groups in total. The van der Waals surface area contributed by atoms with Gasteiger partial charge in [-0.05, 0) is 43.4 Å². The summed E-state index contributed by atoms with van der Waals surface area (Å²) in [5.74, 6) is -2.01. The second kappa shape index (κ2) is 7.30. The van der Waals surface area contributed by atoms with Crippen LogP contribution in [0.2, 0.25) is 0 Å². The number of aliphatic carboxylic acids is 1. The maximum atomic E-state index is 12.9. The van der Waals surface area contributed by atoms with Crippen LogP contribution in [0.25, 0.3) is 0 Å². The van der Waals surface area contributed by atoms with Gasteiger partial charge in [0, 0.05) is 13.1 Å². The third-order valence-corrected chi connectivity index (χ3v) is 5.06. The number of benzene rings is 1. The zero-order valence-electron chi connectivity index (χ0n) is 13.5. The molecular formula is C18H22FNO4. The number of halogens is 1. The van der Waals surface area contributed by atoms with Crippen LogP contribution in [-0.2, 0) is 20.9 Å². The van der Waals surface area contributed by atoms with E-state index in [2.05, 4.69) is 0 Å². The van der Waals surface area contributed by atoms with Gasteiger partial charge in [0.15, 0.2) is 0 Å². The standard InChI is InChI=1S/C18H22FNO4/c19-13-3-1-12(2-4-13)11-24-14-7-9-20(10-8-14)17(21)15-5-6-16(15)18(22)23/h1-4,14-16H,5-11H2,(H,22,23)/t15-,16+/m0/s1. The molecule has 0 spiro atoms. The lowest BCUT2D eigenvalue weighted by Crippen LogP contribution is -2.49. The molecule has 1 aromatic carbocycles. The fourth-order valence-electron chi connectivity index (χ4n) is 3.36. The lowest BCUT2D eigenvalue weighted by molar-refractivity contribution is -0.157. The van der Waals surface area contributed by atoms with Crippen LogP contribution < -0.4 is 0 Å². The zero-order valence-corrected chi connectivity index (χ0v) is 13.5. The lowest BCUT2D eigenvalue weighted by atomic mass is 9.72. The molecule has 1 amide bonds. The predicted octanol–water partition coefficient (Wildman–Crippen LogP) is 2.44. The largest absolute Gasteiger partial charge is 0.481 e. The number of ether oxygens (including phenoxy) is 1. The van der Waals surface area contributed by atoms with Gasteiger partial charge in [-0.3, -0.25) is 9.59 Å². The number of piperidine rings is 1. The Balaban J connectivity index is 1.43. The first-order valence-electron chi connectivity index (χ1n) is 8.42. The van der Waals surface area contributed by atoms with E-state index in [0.717, 1.165) is 18.4 Å². The van der Waals surface area contributed by atoms with Gasteiger partial charge in [-0.2, -0.15) is 0 Å². The van der Waals surface area contributed by atoms with E-state index in [1.165, 1.54) is 12.1 Å². The molecule has 1 saturated carbocycles. The Hall–Kier alpha value is -1.95. The molecule has 2 fully saturated rings. The molecule has 2 atom stereocenters. The first-order chi connectivity index (χ1) is 11.5. The molecule has 1 aliphatic heterocycles. The fraction of sp³-hybridized carbons (Fsp3) is 0.556. The Labute approximate surface area is 140 Å². The zero-order chi connectivity index (χ0) is 17.1. The van der Waals surface area contributed by atoms with Crippen LogP contribution >= 0.6 is 0 Å². The number of carbonyl (C=O) groups is 2. The van der Waals surface area contributed by atoms with E-state index < -0.39 is 11.9 Å². The van der Waals surface area contributed by atoms with Gasteiger partial charge in [-0.15, -0.1) is 0 Å². The highest BCUT2D eigenvalue weighted by Crippen LogP contribution is 2.36. The molecule has 1 aromatic rings. The molecule has 0 bridgehead atoms. The lowest BCUT2D eigenvalue weighted by Gasteiger charge is -2.39. The monoisotopic (exact) mass is 335 g/mol. The third-order valence-electron chi connectivity index (χ3n) is 5.06. The second-order valence-corrected chi connectivity index (χ2v) is 6.59. The molecule has 5 nitrogen and oxygen atoms in total. The SMILES string of the molecule is O=C(O)[C@@H]1CC[C@@H]1C(=O)N1CCC(OCc2ccc(F)cc2)CC1. The Morgan fingerprint density at radius 3 is 2.25 bits per heavy atom. The summed E-state index contributed by atoms with van der Waals surface area (Å²) < 4.78 is 18.7. The van der Waals surface area contributed by atoms with Crippen LogP contribution in [0, 0.1) is 17.7 Å². The minimum atomic E-state index is -0.864. The number of amides is 1. The summed E-state index contributed by atoms with van der Waals surface area (Å²) in [7, 11) is 0. The number of hydrogen-bond acceptors (Lipinski definition) is 3. The molecule has 0 unspecified atom stereocenters. The average Bonchev–Trinajstić information content (AvgIpc) is 2.53. The molecule has 0 radical (unpaired) electrons. The quantitative estimate of drug-likeness (QED) is 0.897. The Kier molecular flexibility index (Phi) is 5.14. The number of carboxylic acid groups (broad SMARTS) is 1. The highest BCUT2D eigenvalue weighted by molar-refractivity contribution is 5.86. The van der Waals surface area contributed by atoms with Crippen molar-refractivity contribution < 1.29 is 23.8 Å². The fourth-order valence-corrected chi connectivity index (χ4v) is 3.36. The average molecular weight is 335 g/mol. The molecule has 2 aliphatic rings. The first kappa shape index (κ1) is 16.9. The number of carbonyl (C=O) groups excluding carboxylic acids is 1. The number of nitrogens with zero attached hydrogens (tertiary/aromatic N) is 1. The van der Waals surface area contributed by atoms with E-state index in [1.807, 2.05) is 0 Å². The molecule has 130 valence electrons. The van der Waals surface area contributed by atoms with E-state index in [0.29, 0.717) is 32.5 Å². The Bertz CT molecular complexity index is 596. The van der Waals surface area contributed by atoms with Crippen LogP contribution in [0.5, 0.6) is 0 Å². The van der Waals surface area contributed by atoms with Crippen LogP contribution in [0.3, 0.4) is 0 Å². The van der Waals surface area contributed by atoms with Crippen LogP contribution in [-0.4, -0.2) is 41.1 Å². The Morgan fingerprint density at radius 2 is 1.71 bits per heavy atom. The maximum absolute atomic E-state index is 12.9. The van der Waals surface area contributed by atoms with Gasteiger partial charge in [-0.25, -0.2) is 4.39 Å². The third kappa shape index (κ3) is 3.75. The molecular weight excluding hydrogens is 313 g/mol. The number of likely N-dealkylation sites (tertiary alicyclic amines) is 1. The van der Waals surface area contributed by atoms with Gasteiger partial charge in [0.1, 0.15) is 5.82 Å². The number of hydrogen-bond donors (Lipinski definition) is 1. The summed E-state index contributed by atoms with van der Waals surface area (Å²) in [5, 5.41) is 9.07. The number of carboxylic acids is 1. The highest BCUT2D eigenvalue weighted by atomic mass is 19.1. The smallest absolute Gasteiger partial charge is 0.307 e. The minimum absolute atomic E-state index is 0.0226. The topological polar surface area (TPSA) is 66.8 Å². The normalized spacial score (nSPS) is 24.5. The summed E-state index contributed by atoms with van der Waals surface area (Å²) in [5.41, 5.74) is 0.925. The van der Waals surface area contributed by atoms with Gasteiger partial charge >= 0.3 is 5.97 Å². The van der Waals surface area contributed by atoms with Gasteiger partial charge in [0.05, 0.1) is 24.5 Å². The first-order valence-corrected chi connectivity index (χ1v) is 8.42. The maximum Gasteiger partial charge on any atom is 0.307 e. The van der Waals surface area contributed by atoms with Gasteiger partial charge in [0.25, 0.3) is 0 Å². The van der Waals surface area contributed by atoms with Crippen LogP contribution in [0.1, 0.15) is 31.2 Å². The van der Waals surface area contributed by atoms with E-state index in [9.17, 15) is 14.0 Å². The van der Waals surface area contributed by atoms with E-state index in [4.69, 9.17) is 9.84 Å². The van der Waals surface area contributed by atoms with Crippen molar-refractivity contribution in [3.05, 3.63) is 35.6 Å². The van der Waals surface area contributed by atoms with E-state index >= 15 is 0 Å². The summed E-state index contributed by atoms with van der Waals surface area (Å²) >= 11 is 0.